The van der Waals surface area contributed by atoms with Gasteiger partial charge in [-0.15, -0.1) is 0 Å². The first-order chi connectivity index (χ1) is 12.1. The van der Waals surface area contributed by atoms with Crippen LogP contribution in [-0.4, -0.2) is 20.1 Å². The lowest BCUT2D eigenvalue weighted by Gasteiger charge is -2.14. The molecule has 5 nitrogen and oxygen atoms in total. The van der Waals surface area contributed by atoms with E-state index in [0.29, 0.717) is 17.1 Å². The van der Waals surface area contributed by atoms with Crippen molar-refractivity contribution in [3.05, 3.63) is 65.2 Å². The predicted octanol–water partition coefficient (Wildman–Crippen LogP) is 3.49. The van der Waals surface area contributed by atoms with Crippen molar-refractivity contribution >= 4 is 12.0 Å². The molecule has 1 amide bonds. The zero-order valence-electron chi connectivity index (χ0n) is 14.4. The molecule has 0 spiro atoms. The first-order valence-corrected chi connectivity index (χ1v) is 7.78. The quantitative estimate of drug-likeness (QED) is 0.647. The first kappa shape index (κ1) is 18.1. The van der Waals surface area contributed by atoms with Crippen LogP contribution in [0.4, 0.5) is 0 Å². The fourth-order valence-corrected chi connectivity index (χ4v) is 2.36. The molecule has 0 aliphatic rings. The Bertz CT molecular complexity index is 807. The van der Waals surface area contributed by atoms with Gasteiger partial charge in [0.05, 0.1) is 20.3 Å². The van der Waals surface area contributed by atoms with Gasteiger partial charge in [-0.05, 0) is 36.8 Å². The van der Waals surface area contributed by atoms with Gasteiger partial charge in [0.2, 0.25) is 0 Å². The minimum atomic E-state index is -0.441. The second-order valence-corrected chi connectivity index (χ2v) is 5.38. The summed E-state index contributed by atoms with van der Waals surface area (Å²) in [4.78, 5) is 12.4. The molecule has 1 atom stereocenters. The molecule has 0 aliphatic heterocycles. The zero-order chi connectivity index (χ0) is 18.2. The summed E-state index contributed by atoms with van der Waals surface area (Å²) in [6, 6.07) is 16.5. The van der Waals surface area contributed by atoms with E-state index in [0.717, 1.165) is 5.56 Å². The number of nitrogens with one attached hydrogen (secondary N) is 1. The smallest absolute Gasteiger partial charge is 0.262 e. The summed E-state index contributed by atoms with van der Waals surface area (Å²) in [6.07, 6.45) is 1.49. The van der Waals surface area contributed by atoms with Gasteiger partial charge in [0.1, 0.15) is 23.1 Å². The van der Waals surface area contributed by atoms with Crippen molar-refractivity contribution in [1.82, 2.24) is 5.32 Å². The van der Waals surface area contributed by atoms with Crippen molar-refractivity contribution < 1.29 is 14.3 Å². The topological polar surface area (TPSA) is 71.3 Å². The lowest BCUT2D eigenvalue weighted by molar-refractivity contribution is -0.117. The minimum absolute atomic E-state index is 0.00525. The molecule has 2 aromatic rings. The van der Waals surface area contributed by atoms with Gasteiger partial charge in [0, 0.05) is 5.56 Å². The van der Waals surface area contributed by atoms with Crippen LogP contribution >= 0.6 is 0 Å². The zero-order valence-corrected chi connectivity index (χ0v) is 14.4. The fourth-order valence-electron chi connectivity index (χ4n) is 2.36. The molecule has 2 aromatic carbocycles. The Morgan fingerprint density at radius 2 is 1.88 bits per heavy atom. The van der Waals surface area contributed by atoms with E-state index in [1.54, 1.807) is 25.3 Å². The van der Waals surface area contributed by atoms with Crippen LogP contribution in [0.3, 0.4) is 0 Å². The van der Waals surface area contributed by atoms with Crippen molar-refractivity contribution in [2.45, 2.75) is 13.0 Å². The summed E-state index contributed by atoms with van der Waals surface area (Å²) in [7, 11) is 3.08. The van der Waals surface area contributed by atoms with Gasteiger partial charge in [-0.2, -0.15) is 5.26 Å². The van der Waals surface area contributed by atoms with Crippen molar-refractivity contribution in [3.8, 4) is 17.6 Å². The number of methoxy groups -OCH3 is 2. The molecule has 0 unspecified atom stereocenters. The molecule has 0 aromatic heterocycles. The monoisotopic (exact) mass is 336 g/mol. The third kappa shape index (κ3) is 4.61. The molecule has 1 N–H and O–H groups in total. The van der Waals surface area contributed by atoms with Gasteiger partial charge in [-0.25, -0.2) is 0 Å². The Labute approximate surface area is 147 Å². The van der Waals surface area contributed by atoms with Gasteiger partial charge in [-0.1, -0.05) is 30.3 Å². The standard InChI is InChI=1S/C20H20N2O3/c1-14(15-7-5-4-6-8-15)22-20(23)17(13-21)11-16-12-18(24-2)9-10-19(16)25-3/h4-12,14H,1-3H3,(H,22,23)/b17-11+/t14-/m1/s1. The summed E-state index contributed by atoms with van der Waals surface area (Å²) in [5, 5.41) is 12.2. The summed E-state index contributed by atoms with van der Waals surface area (Å²) in [5.74, 6) is 0.726. The second kappa shape index (κ2) is 8.55. The van der Waals surface area contributed by atoms with Crippen LogP contribution in [0.1, 0.15) is 24.1 Å². The highest BCUT2D eigenvalue weighted by Gasteiger charge is 2.15. The highest BCUT2D eigenvalue weighted by molar-refractivity contribution is 6.02. The second-order valence-electron chi connectivity index (χ2n) is 5.38. The van der Waals surface area contributed by atoms with E-state index in [4.69, 9.17) is 9.47 Å². The molecule has 128 valence electrons. The Balaban J connectivity index is 2.25. The van der Waals surface area contributed by atoms with Crippen LogP contribution in [0.15, 0.2) is 54.1 Å². The number of hydrogen-bond donors (Lipinski definition) is 1. The maximum absolute atomic E-state index is 12.4. The SMILES string of the molecule is COc1ccc(OC)c(/C=C(\C#N)C(=O)N[C@H](C)c2ccccc2)c1. The van der Waals surface area contributed by atoms with Crippen LogP contribution < -0.4 is 14.8 Å². The highest BCUT2D eigenvalue weighted by Crippen LogP contribution is 2.26. The molecule has 0 saturated heterocycles. The summed E-state index contributed by atoms with van der Waals surface area (Å²) < 4.78 is 10.5. The highest BCUT2D eigenvalue weighted by atomic mass is 16.5. The number of carbonyl (C=O) groups excluding carboxylic acids is 1. The van der Waals surface area contributed by atoms with Crippen LogP contribution in [0.25, 0.3) is 6.08 Å². The lowest BCUT2D eigenvalue weighted by atomic mass is 10.1. The van der Waals surface area contributed by atoms with Gasteiger partial charge >= 0.3 is 0 Å². The third-order valence-electron chi connectivity index (χ3n) is 3.75. The van der Waals surface area contributed by atoms with E-state index in [-0.39, 0.29) is 11.6 Å². The summed E-state index contributed by atoms with van der Waals surface area (Å²) in [5.41, 5.74) is 1.56. The van der Waals surface area contributed by atoms with Gasteiger partial charge in [0.15, 0.2) is 0 Å². The Hall–Kier alpha value is -3.26. The normalized spacial score (nSPS) is 12.0. The Morgan fingerprint density at radius 3 is 2.48 bits per heavy atom. The van der Waals surface area contributed by atoms with Crippen molar-refractivity contribution in [3.63, 3.8) is 0 Å². The van der Waals surface area contributed by atoms with Crippen molar-refractivity contribution in [2.24, 2.45) is 0 Å². The van der Waals surface area contributed by atoms with Gasteiger partial charge in [-0.3, -0.25) is 4.79 Å². The number of ether oxygens (including phenoxy) is 2. The molecule has 0 fully saturated rings. The summed E-state index contributed by atoms with van der Waals surface area (Å²) in [6.45, 7) is 1.87. The average molecular weight is 336 g/mol. The molecule has 2 rings (SSSR count). The number of amides is 1. The van der Waals surface area contributed by atoms with Gasteiger partial charge in [0.25, 0.3) is 5.91 Å². The number of benzene rings is 2. The largest absolute Gasteiger partial charge is 0.497 e. The van der Waals surface area contributed by atoms with Crippen molar-refractivity contribution in [2.75, 3.05) is 14.2 Å². The van der Waals surface area contributed by atoms with E-state index >= 15 is 0 Å². The predicted molar refractivity (Wildman–Crippen MR) is 96.1 cm³/mol. The number of hydrogen-bond acceptors (Lipinski definition) is 4. The number of nitrogens with zero attached hydrogens (tertiary/aromatic N) is 1. The van der Waals surface area contributed by atoms with Gasteiger partial charge < -0.3 is 14.8 Å². The molecular formula is C20H20N2O3. The first-order valence-electron chi connectivity index (χ1n) is 7.78. The molecule has 0 radical (unpaired) electrons. The van der Waals surface area contributed by atoms with E-state index in [9.17, 15) is 10.1 Å². The number of carbonyl (C=O) groups is 1. The molecule has 0 bridgehead atoms. The van der Waals surface area contributed by atoms with Crippen molar-refractivity contribution in [1.29, 1.82) is 5.26 Å². The number of rotatable bonds is 6. The molecule has 0 saturated carbocycles. The lowest BCUT2D eigenvalue weighted by Crippen LogP contribution is -2.27. The Morgan fingerprint density at radius 1 is 1.16 bits per heavy atom. The Kier molecular flexibility index (Phi) is 6.19. The minimum Gasteiger partial charge on any atom is -0.497 e. The molecule has 0 heterocycles. The third-order valence-corrected chi connectivity index (χ3v) is 3.75. The molecule has 0 aliphatic carbocycles. The van der Waals surface area contributed by atoms with E-state index < -0.39 is 5.91 Å². The van der Waals surface area contributed by atoms with Crippen LogP contribution in [-0.2, 0) is 4.79 Å². The van der Waals surface area contributed by atoms with Crippen LogP contribution in [0.2, 0.25) is 0 Å². The fraction of sp³-hybridized carbons (Fsp3) is 0.200. The van der Waals surface area contributed by atoms with E-state index in [2.05, 4.69) is 5.32 Å². The van der Waals surface area contributed by atoms with E-state index in [1.165, 1.54) is 13.2 Å². The van der Waals surface area contributed by atoms with Crippen LogP contribution in [0, 0.1) is 11.3 Å². The van der Waals surface area contributed by atoms with E-state index in [1.807, 2.05) is 43.3 Å². The summed E-state index contributed by atoms with van der Waals surface area (Å²) >= 11 is 0. The maximum atomic E-state index is 12.4. The molecule has 25 heavy (non-hydrogen) atoms. The molecular weight excluding hydrogens is 316 g/mol. The average Bonchev–Trinajstić information content (AvgIpc) is 2.66. The molecule has 5 heteroatoms. The number of nitriles is 1. The van der Waals surface area contributed by atoms with Crippen LogP contribution in [0.5, 0.6) is 11.5 Å². The maximum Gasteiger partial charge on any atom is 0.262 e.